The maximum Gasteiger partial charge on any atom is -0.0204 e. The SMILES string of the molecule is CCCCCCC(C)C1CC2(CC)C(C)C12C. The van der Waals surface area contributed by atoms with Crippen LogP contribution in [-0.2, 0) is 0 Å². The Hall–Kier alpha value is 0. The molecule has 0 saturated heterocycles. The van der Waals surface area contributed by atoms with Gasteiger partial charge in [-0.05, 0) is 41.4 Å². The van der Waals surface area contributed by atoms with Gasteiger partial charge in [-0.15, -0.1) is 0 Å². The maximum absolute atomic E-state index is 2.58. The monoisotopic (exact) mass is 236 g/mol. The van der Waals surface area contributed by atoms with Gasteiger partial charge in [0.2, 0.25) is 0 Å². The second kappa shape index (κ2) is 4.59. The summed E-state index contributed by atoms with van der Waals surface area (Å²) in [5.41, 5.74) is 1.50. The topological polar surface area (TPSA) is 0 Å². The van der Waals surface area contributed by atoms with Crippen LogP contribution in [0.1, 0.15) is 79.6 Å². The van der Waals surface area contributed by atoms with Crippen LogP contribution in [0.5, 0.6) is 0 Å². The van der Waals surface area contributed by atoms with Crippen molar-refractivity contribution in [2.24, 2.45) is 28.6 Å². The lowest BCUT2D eigenvalue weighted by molar-refractivity contribution is 0.0356. The molecule has 2 fully saturated rings. The van der Waals surface area contributed by atoms with E-state index in [-0.39, 0.29) is 0 Å². The van der Waals surface area contributed by atoms with Gasteiger partial charge in [-0.1, -0.05) is 66.7 Å². The van der Waals surface area contributed by atoms with E-state index in [2.05, 4.69) is 34.6 Å². The van der Waals surface area contributed by atoms with E-state index >= 15 is 0 Å². The van der Waals surface area contributed by atoms with Crippen LogP contribution in [0, 0.1) is 28.6 Å². The summed E-state index contributed by atoms with van der Waals surface area (Å²) in [5, 5.41) is 0. The minimum atomic E-state index is 0.728. The maximum atomic E-state index is 2.58. The molecule has 0 aromatic carbocycles. The summed E-state index contributed by atoms with van der Waals surface area (Å²) >= 11 is 0. The molecule has 0 N–H and O–H groups in total. The predicted octanol–water partition coefficient (Wildman–Crippen LogP) is 5.67. The van der Waals surface area contributed by atoms with Gasteiger partial charge in [0, 0.05) is 0 Å². The van der Waals surface area contributed by atoms with Crippen LogP contribution < -0.4 is 0 Å². The molecule has 0 spiro atoms. The highest BCUT2D eigenvalue weighted by atomic mass is 14.8. The molecule has 2 saturated carbocycles. The van der Waals surface area contributed by atoms with Gasteiger partial charge in [0.15, 0.2) is 0 Å². The van der Waals surface area contributed by atoms with Gasteiger partial charge in [0.05, 0.1) is 0 Å². The smallest absolute Gasteiger partial charge is 0.0204 e. The van der Waals surface area contributed by atoms with E-state index < -0.39 is 0 Å². The summed E-state index contributed by atoms with van der Waals surface area (Å²) in [6, 6.07) is 0. The van der Waals surface area contributed by atoms with E-state index in [0.29, 0.717) is 0 Å². The highest BCUT2D eigenvalue weighted by molar-refractivity contribution is 5.28. The minimum Gasteiger partial charge on any atom is -0.0654 e. The third-order valence-electron chi connectivity index (χ3n) is 6.90. The first-order valence-electron chi connectivity index (χ1n) is 8.04. The van der Waals surface area contributed by atoms with Crippen molar-refractivity contribution in [2.75, 3.05) is 0 Å². The fourth-order valence-electron chi connectivity index (χ4n) is 5.33. The van der Waals surface area contributed by atoms with Crippen molar-refractivity contribution in [2.45, 2.75) is 79.6 Å². The van der Waals surface area contributed by atoms with Crippen LogP contribution in [0.3, 0.4) is 0 Å². The van der Waals surface area contributed by atoms with Crippen molar-refractivity contribution < 1.29 is 0 Å². The van der Waals surface area contributed by atoms with Gasteiger partial charge < -0.3 is 0 Å². The predicted molar refractivity (Wildman–Crippen MR) is 76.0 cm³/mol. The molecule has 2 aliphatic rings. The molecule has 5 atom stereocenters. The molecule has 5 unspecified atom stereocenters. The highest BCUT2D eigenvalue weighted by Crippen LogP contribution is 2.86. The normalized spacial score (nSPS) is 45.0. The molecular formula is C17H32. The van der Waals surface area contributed by atoms with Crippen LogP contribution >= 0.6 is 0 Å². The standard InChI is InChI=1S/C17H32/c1-6-8-9-10-11-13(3)15-12-17(7-2)14(4)16(15,17)5/h13-15H,6-12H2,1-5H3. The summed E-state index contributed by atoms with van der Waals surface area (Å²) in [6.07, 6.45) is 10.2. The molecule has 0 aromatic rings. The highest BCUT2D eigenvalue weighted by Gasteiger charge is 2.80. The summed E-state index contributed by atoms with van der Waals surface area (Å²) in [7, 11) is 0. The average molecular weight is 236 g/mol. The van der Waals surface area contributed by atoms with Crippen molar-refractivity contribution in [1.82, 2.24) is 0 Å². The zero-order chi connectivity index (χ0) is 12.7. The largest absolute Gasteiger partial charge is 0.0654 e. The second-order valence-electron chi connectivity index (χ2n) is 7.15. The average Bonchev–Trinajstić information content (AvgIpc) is 2.67. The summed E-state index contributed by atoms with van der Waals surface area (Å²) in [6.45, 7) is 12.3. The number of rotatable bonds is 7. The lowest BCUT2D eigenvalue weighted by atomic mass is 9.59. The Kier molecular flexibility index (Phi) is 3.63. The number of fused-ring (bicyclic) bond motifs is 1. The van der Waals surface area contributed by atoms with Gasteiger partial charge >= 0.3 is 0 Å². The Morgan fingerprint density at radius 3 is 2.35 bits per heavy atom. The van der Waals surface area contributed by atoms with Crippen LogP contribution in [-0.4, -0.2) is 0 Å². The number of hydrogen-bond acceptors (Lipinski definition) is 0. The fraction of sp³-hybridized carbons (Fsp3) is 1.00. The Balaban J connectivity index is 1.78. The van der Waals surface area contributed by atoms with Gasteiger partial charge in [0.1, 0.15) is 0 Å². The molecule has 0 amide bonds. The zero-order valence-corrected chi connectivity index (χ0v) is 12.7. The molecule has 2 aliphatic carbocycles. The first-order valence-corrected chi connectivity index (χ1v) is 8.04. The van der Waals surface area contributed by atoms with Crippen molar-refractivity contribution >= 4 is 0 Å². The minimum absolute atomic E-state index is 0.728. The number of unbranched alkanes of at least 4 members (excludes halogenated alkanes) is 3. The van der Waals surface area contributed by atoms with Crippen molar-refractivity contribution in [3.63, 3.8) is 0 Å². The lowest BCUT2D eigenvalue weighted by Gasteiger charge is -2.45. The Morgan fingerprint density at radius 1 is 1.18 bits per heavy atom. The van der Waals surface area contributed by atoms with Gasteiger partial charge in [-0.3, -0.25) is 0 Å². The molecule has 0 aromatic heterocycles. The Bertz CT molecular complexity index is 269. The first-order chi connectivity index (χ1) is 8.04. The molecular weight excluding hydrogens is 204 g/mol. The van der Waals surface area contributed by atoms with Crippen LogP contribution in [0.2, 0.25) is 0 Å². The molecule has 100 valence electrons. The van der Waals surface area contributed by atoms with E-state index in [1.165, 1.54) is 44.9 Å². The first kappa shape index (κ1) is 13.4. The van der Waals surface area contributed by atoms with Gasteiger partial charge in [0.25, 0.3) is 0 Å². The van der Waals surface area contributed by atoms with E-state index in [0.717, 1.165) is 28.6 Å². The van der Waals surface area contributed by atoms with Crippen LogP contribution in [0.25, 0.3) is 0 Å². The summed E-state index contributed by atoms with van der Waals surface area (Å²) < 4.78 is 0. The van der Waals surface area contributed by atoms with Gasteiger partial charge in [-0.25, -0.2) is 0 Å². The van der Waals surface area contributed by atoms with Gasteiger partial charge in [-0.2, -0.15) is 0 Å². The molecule has 0 heterocycles. The summed E-state index contributed by atoms with van der Waals surface area (Å²) in [5.74, 6) is 3.02. The Morgan fingerprint density at radius 2 is 1.88 bits per heavy atom. The third-order valence-corrected chi connectivity index (χ3v) is 6.90. The fourth-order valence-corrected chi connectivity index (χ4v) is 5.33. The van der Waals surface area contributed by atoms with E-state index in [9.17, 15) is 0 Å². The second-order valence-corrected chi connectivity index (χ2v) is 7.15. The molecule has 0 heteroatoms. The lowest BCUT2D eigenvalue weighted by Crippen LogP contribution is -2.38. The van der Waals surface area contributed by atoms with Crippen molar-refractivity contribution in [1.29, 1.82) is 0 Å². The molecule has 0 bridgehead atoms. The molecule has 17 heavy (non-hydrogen) atoms. The molecule has 0 aliphatic heterocycles. The quantitative estimate of drug-likeness (QED) is 0.500. The molecule has 0 nitrogen and oxygen atoms in total. The van der Waals surface area contributed by atoms with E-state index in [1.54, 1.807) is 0 Å². The zero-order valence-electron chi connectivity index (χ0n) is 12.7. The Labute approximate surface area is 109 Å². The number of hydrogen-bond donors (Lipinski definition) is 0. The van der Waals surface area contributed by atoms with Crippen LogP contribution in [0.15, 0.2) is 0 Å². The summed E-state index contributed by atoms with van der Waals surface area (Å²) in [4.78, 5) is 0. The van der Waals surface area contributed by atoms with Crippen molar-refractivity contribution in [3.8, 4) is 0 Å². The van der Waals surface area contributed by atoms with Crippen molar-refractivity contribution in [3.05, 3.63) is 0 Å². The third kappa shape index (κ3) is 1.70. The van der Waals surface area contributed by atoms with Crippen LogP contribution in [0.4, 0.5) is 0 Å². The van der Waals surface area contributed by atoms with E-state index in [4.69, 9.17) is 0 Å². The molecule has 2 rings (SSSR count). The molecule has 0 radical (unpaired) electrons. The van der Waals surface area contributed by atoms with E-state index in [1.807, 2.05) is 0 Å².